The van der Waals surface area contributed by atoms with Gasteiger partial charge >= 0.3 is 6.18 Å². The molecule has 0 saturated carbocycles. The Morgan fingerprint density at radius 1 is 1.09 bits per heavy atom. The molecule has 0 saturated heterocycles. The van der Waals surface area contributed by atoms with Crippen molar-refractivity contribution in [2.75, 3.05) is 6.54 Å². The van der Waals surface area contributed by atoms with Gasteiger partial charge in [0.05, 0.1) is 31.3 Å². The van der Waals surface area contributed by atoms with E-state index in [0.717, 1.165) is 17.7 Å². The largest absolute Gasteiger partial charge is 0.416 e. The van der Waals surface area contributed by atoms with Crippen LogP contribution in [0.25, 0.3) is 11.0 Å². The summed E-state index contributed by atoms with van der Waals surface area (Å²) in [6.45, 7) is 0.510. The maximum absolute atomic E-state index is 12.9. The van der Waals surface area contributed by atoms with Crippen molar-refractivity contribution in [2.45, 2.75) is 25.7 Å². The first-order chi connectivity index (χ1) is 16.2. The van der Waals surface area contributed by atoms with Crippen molar-refractivity contribution in [1.29, 1.82) is 0 Å². The lowest BCUT2D eigenvalue weighted by atomic mass is 10.1. The molecule has 2 aromatic heterocycles. The fourth-order valence-electron chi connectivity index (χ4n) is 3.47. The normalized spacial score (nSPS) is 11.6. The van der Waals surface area contributed by atoms with E-state index in [1.54, 1.807) is 24.3 Å². The van der Waals surface area contributed by atoms with Crippen LogP contribution in [0.15, 0.2) is 65.8 Å². The minimum absolute atomic E-state index is 0.0579. The van der Waals surface area contributed by atoms with Crippen LogP contribution in [0.3, 0.4) is 0 Å². The van der Waals surface area contributed by atoms with Crippen LogP contribution in [-0.2, 0) is 30.5 Å². The van der Waals surface area contributed by atoms with Crippen LogP contribution < -0.4 is 10.9 Å². The van der Waals surface area contributed by atoms with Crippen LogP contribution in [0.1, 0.15) is 16.7 Å². The first-order valence-corrected chi connectivity index (χ1v) is 10.7. The number of alkyl halides is 3. The summed E-state index contributed by atoms with van der Waals surface area (Å²) in [5, 5.41) is 7.79. The van der Waals surface area contributed by atoms with Crippen LogP contribution in [0.2, 0.25) is 5.02 Å². The molecule has 0 aliphatic rings. The Bertz CT molecular complexity index is 1380. The monoisotopic (exact) mass is 489 g/mol. The lowest BCUT2D eigenvalue weighted by molar-refractivity contribution is -0.137. The van der Waals surface area contributed by atoms with Crippen LogP contribution in [0, 0.1) is 0 Å². The summed E-state index contributed by atoms with van der Waals surface area (Å²) in [7, 11) is 0. The maximum atomic E-state index is 12.9. The average molecular weight is 490 g/mol. The molecule has 34 heavy (non-hydrogen) atoms. The van der Waals surface area contributed by atoms with Crippen LogP contribution in [0.4, 0.5) is 13.2 Å². The van der Waals surface area contributed by atoms with Gasteiger partial charge in [-0.15, -0.1) is 0 Å². The van der Waals surface area contributed by atoms with E-state index < -0.39 is 17.3 Å². The zero-order valence-corrected chi connectivity index (χ0v) is 18.5. The minimum Gasteiger partial charge on any atom is -0.354 e. The third-order valence-corrected chi connectivity index (χ3v) is 5.41. The molecular weight excluding hydrogens is 471 g/mol. The molecule has 0 aliphatic heterocycles. The minimum atomic E-state index is -4.46. The van der Waals surface area contributed by atoms with E-state index >= 15 is 0 Å². The number of carbonyl (C=O) groups is 1. The highest BCUT2D eigenvalue weighted by atomic mass is 35.5. The van der Waals surface area contributed by atoms with Gasteiger partial charge in [-0.25, -0.2) is 9.67 Å². The number of hydrogen-bond donors (Lipinski definition) is 1. The molecule has 2 aromatic carbocycles. The van der Waals surface area contributed by atoms with Crippen molar-refractivity contribution in [3.05, 3.63) is 93.1 Å². The highest BCUT2D eigenvalue weighted by molar-refractivity contribution is 6.30. The number of rotatable bonds is 7. The van der Waals surface area contributed by atoms with Gasteiger partial charge in [-0.05, 0) is 35.4 Å². The summed E-state index contributed by atoms with van der Waals surface area (Å²) in [6.07, 6.45) is -1.62. The molecule has 4 aromatic rings. The zero-order valence-electron chi connectivity index (χ0n) is 17.7. The number of halogens is 4. The number of hydrogen-bond acceptors (Lipinski definition) is 4. The van der Waals surface area contributed by atoms with Gasteiger partial charge in [-0.2, -0.15) is 18.3 Å². The summed E-state index contributed by atoms with van der Waals surface area (Å²) in [4.78, 5) is 29.2. The fourth-order valence-corrected chi connectivity index (χ4v) is 3.59. The first kappa shape index (κ1) is 23.5. The molecule has 0 radical (unpaired) electrons. The van der Waals surface area contributed by atoms with Crippen molar-refractivity contribution in [3.63, 3.8) is 0 Å². The van der Waals surface area contributed by atoms with Crippen LogP contribution in [-0.4, -0.2) is 31.8 Å². The second-order valence-corrected chi connectivity index (χ2v) is 8.07. The quantitative estimate of drug-likeness (QED) is 0.429. The van der Waals surface area contributed by atoms with E-state index in [2.05, 4.69) is 15.4 Å². The number of nitrogens with zero attached hydrogens (tertiary/aromatic N) is 4. The Morgan fingerprint density at radius 3 is 2.59 bits per heavy atom. The predicted molar refractivity (Wildman–Crippen MR) is 120 cm³/mol. The molecule has 0 atom stereocenters. The molecule has 1 amide bonds. The second-order valence-electron chi connectivity index (χ2n) is 7.63. The second kappa shape index (κ2) is 9.68. The molecular formula is C23H19ClF3N5O2. The molecule has 0 unspecified atom stereocenters. The Hall–Kier alpha value is -3.66. The summed E-state index contributed by atoms with van der Waals surface area (Å²) in [6, 6.07) is 11.8. The van der Waals surface area contributed by atoms with Crippen molar-refractivity contribution < 1.29 is 18.0 Å². The molecule has 1 N–H and O–H groups in total. The van der Waals surface area contributed by atoms with E-state index in [-0.39, 0.29) is 30.8 Å². The van der Waals surface area contributed by atoms with E-state index in [1.807, 2.05) is 0 Å². The summed E-state index contributed by atoms with van der Waals surface area (Å²) in [5.41, 5.74) is 0.291. The third-order valence-electron chi connectivity index (χ3n) is 5.15. The van der Waals surface area contributed by atoms with Gasteiger partial charge in [-0.3, -0.25) is 14.2 Å². The van der Waals surface area contributed by atoms with Gasteiger partial charge in [0.2, 0.25) is 5.91 Å². The van der Waals surface area contributed by atoms with Gasteiger partial charge in [0.25, 0.3) is 5.56 Å². The van der Waals surface area contributed by atoms with Crippen molar-refractivity contribution >= 4 is 28.5 Å². The lowest BCUT2D eigenvalue weighted by Crippen LogP contribution is -2.29. The van der Waals surface area contributed by atoms with Crippen molar-refractivity contribution in [1.82, 2.24) is 24.6 Å². The Balaban J connectivity index is 1.41. The average Bonchev–Trinajstić information content (AvgIpc) is 3.21. The number of fused-ring (bicyclic) bond motifs is 1. The summed E-state index contributed by atoms with van der Waals surface area (Å²) in [5.74, 6) is -0.171. The fraction of sp³-hybridized carbons (Fsp3) is 0.217. The van der Waals surface area contributed by atoms with Crippen molar-refractivity contribution in [3.8, 4) is 0 Å². The zero-order chi connectivity index (χ0) is 24.3. The summed E-state index contributed by atoms with van der Waals surface area (Å²) >= 11 is 5.84. The molecule has 7 nitrogen and oxygen atoms in total. The molecule has 4 rings (SSSR count). The van der Waals surface area contributed by atoms with Crippen LogP contribution in [0.5, 0.6) is 0 Å². The number of benzene rings is 2. The lowest BCUT2D eigenvalue weighted by Gasteiger charge is -2.10. The summed E-state index contributed by atoms with van der Waals surface area (Å²) < 4.78 is 41.6. The molecule has 2 heterocycles. The van der Waals surface area contributed by atoms with Gasteiger partial charge in [0.1, 0.15) is 11.7 Å². The number of carbonyl (C=O) groups excluding carboxylic acids is 1. The molecule has 176 valence electrons. The topological polar surface area (TPSA) is 81.8 Å². The molecule has 0 bridgehead atoms. The van der Waals surface area contributed by atoms with E-state index in [4.69, 9.17) is 11.6 Å². The molecule has 11 heteroatoms. The number of aromatic nitrogens is 4. The van der Waals surface area contributed by atoms with Crippen LogP contribution >= 0.6 is 11.6 Å². The van der Waals surface area contributed by atoms with E-state index in [0.29, 0.717) is 22.8 Å². The number of amides is 1. The number of nitrogens with one attached hydrogen (secondary N) is 1. The molecule has 0 spiro atoms. The smallest absolute Gasteiger partial charge is 0.354 e. The Labute approximate surface area is 196 Å². The standard InChI is InChI=1S/C23H19ClF3N5O2/c24-18-6-4-15(5-7-18)11-20(33)28-8-9-32-21-19(12-30-32)22(34)31(14-29-21)13-16-2-1-3-17(10-16)23(25,26)27/h1-7,10,12,14H,8-9,11,13H2,(H,28,33). The SMILES string of the molecule is O=C(Cc1ccc(Cl)cc1)NCCn1ncc2c(=O)n(Cc3cccc(C(F)(F)F)c3)cnc21. The Kier molecular flexibility index (Phi) is 6.69. The van der Waals surface area contributed by atoms with Gasteiger partial charge in [-0.1, -0.05) is 35.9 Å². The molecule has 0 fully saturated rings. The predicted octanol–water partition coefficient (Wildman–Crippen LogP) is 3.67. The highest BCUT2D eigenvalue weighted by Gasteiger charge is 2.30. The van der Waals surface area contributed by atoms with Gasteiger partial charge in [0.15, 0.2) is 5.65 Å². The third kappa shape index (κ3) is 5.45. The molecule has 0 aliphatic carbocycles. The van der Waals surface area contributed by atoms with Gasteiger partial charge in [0, 0.05) is 11.6 Å². The van der Waals surface area contributed by atoms with Gasteiger partial charge < -0.3 is 5.32 Å². The Morgan fingerprint density at radius 2 is 1.85 bits per heavy atom. The maximum Gasteiger partial charge on any atom is 0.416 e. The van der Waals surface area contributed by atoms with E-state index in [9.17, 15) is 22.8 Å². The van der Waals surface area contributed by atoms with E-state index in [1.165, 1.54) is 33.9 Å². The first-order valence-electron chi connectivity index (χ1n) is 10.3. The highest BCUT2D eigenvalue weighted by Crippen LogP contribution is 2.29. The van der Waals surface area contributed by atoms with Crippen molar-refractivity contribution in [2.24, 2.45) is 0 Å².